The van der Waals surface area contributed by atoms with E-state index in [1.54, 1.807) is 0 Å². The highest BCUT2D eigenvalue weighted by molar-refractivity contribution is 5.80. The van der Waals surface area contributed by atoms with Crippen molar-refractivity contribution in [2.45, 2.75) is 84.7 Å². The van der Waals surface area contributed by atoms with Crippen molar-refractivity contribution < 1.29 is 14.3 Å². The predicted molar refractivity (Wildman–Crippen MR) is 87.5 cm³/mol. The van der Waals surface area contributed by atoms with Gasteiger partial charge in [0.15, 0.2) is 0 Å². The maximum Gasteiger partial charge on any atom is 0.326 e. The van der Waals surface area contributed by atoms with Crippen LogP contribution in [0.4, 0.5) is 0 Å². The average molecular weight is 301 g/mol. The third-order valence-electron chi connectivity index (χ3n) is 3.44. The van der Waals surface area contributed by atoms with Crippen molar-refractivity contribution in [3.63, 3.8) is 0 Å². The molecule has 0 amide bonds. The van der Waals surface area contributed by atoms with Gasteiger partial charge in [0.2, 0.25) is 0 Å². The first-order valence-electron chi connectivity index (χ1n) is 8.49. The quantitative estimate of drug-likeness (QED) is 0.416. The average Bonchev–Trinajstić information content (AvgIpc) is 2.41. The second-order valence-corrected chi connectivity index (χ2v) is 6.13. The molecule has 0 aromatic carbocycles. The lowest BCUT2D eigenvalue weighted by Gasteiger charge is -2.30. The van der Waals surface area contributed by atoms with Crippen LogP contribution in [-0.2, 0) is 14.3 Å². The molecule has 21 heavy (non-hydrogen) atoms. The highest BCUT2D eigenvalue weighted by Gasteiger charge is 2.34. The van der Waals surface area contributed by atoms with E-state index < -0.39 is 5.54 Å². The Hall–Kier alpha value is -0.610. The van der Waals surface area contributed by atoms with Crippen LogP contribution in [0.1, 0.15) is 73.1 Å². The first-order chi connectivity index (χ1) is 9.96. The Morgan fingerprint density at radius 3 is 2.33 bits per heavy atom. The molecule has 126 valence electrons. The van der Waals surface area contributed by atoms with Gasteiger partial charge >= 0.3 is 5.97 Å². The Labute approximate surface area is 131 Å². The van der Waals surface area contributed by atoms with Crippen molar-refractivity contribution in [3.8, 4) is 0 Å². The minimum atomic E-state index is -0.615. The van der Waals surface area contributed by atoms with E-state index in [0.717, 1.165) is 25.9 Å². The third kappa shape index (κ3) is 9.86. The number of ether oxygens (including phenoxy) is 2. The van der Waals surface area contributed by atoms with Crippen molar-refractivity contribution >= 4 is 5.97 Å². The van der Waals surface area contributed by atoms with E-state index in [1.165, 1.54) is 19.3 Å². The van der Waals surface area contributed by atoms with Crippen molar-refractivity contribution in [3.05, 3.63) is 0 Å². The second kappa shape index (κ2) is 12.0. The first kappa shape index (κ1) is 20.4. The molecule has 0 radical (unpaired) electrons. The van der Waals surface area contributed by atoms with Crippen molar-refractivity contribution in [2.24, 2.45) is 0 Å². The lowest BCUT2D eigenvalue weighted by Crippen LogP contribution is -2.53. The second-order valence-electron chi connectivity index (χ2n) is 6.13. The smallest absolute Gasteiger partial charge is 0.326 e. The molecule has 0 spiro atoms. The van der Waals surface area contributed by atoms with Crippen LogP contribution in [0.15, 0.2) is 0 Å². The number of carbonyl (C=O) groups excluding carboxylic acids is 1. The zero-order chi connectivity index (χ0) is 16.1. The highest BCUT2D eigenvalue weighted by Crippen LogP contribution is 2.16. The predicted octanol–water partition coefficient (Wildman–Crippen LogP) is 3.68. The highest BCUT2D eigenvalue weighted by atomic mass is 16.5. The minimum Gasteiger partial charge on any atom is -0.465 e. The number of rotatable bonds is 13. The molecule has 4 nitrogen and oxygen atoms in total. The monoisotopic (exact) mass is 301 g/mol. The fourth-order valence-electron chi connectivity index (χ4n) is 2.42. The molecule has 0 aromatic heterocycles. The molecule has 0 fully saturated rings. The fourth-order valence-corrected chi connectivity index (χ4v) is 2.42. The maximum atomic E-state index is 12.1. The van der Waals surface area contributed by atoms with Gasteiger partial charge in [-0.2, -0.15) is 0 Å². The molecule has 0 aliphatic carbocycles. The van der Waals surface area contributed by atoms with Gasteiger partial charge in [-0.25, -0.2) is 0 Å². The zero-order valence-corrected chi connectivity index (χ0v) is 14.7. The Kier molecular flexibility index (Phi) is 11.6. The van der Waals surface area contributed by atoms with Gasteiger partial charge in [-0.15, -0.1) is 0 Å². The summed E-state index contributed by atoms with van der Waals surface area (Å²) in [5.74, 6) is -0.165. The van der Waals surface area contributed by atoms with Crippen LogP contribution in [0, 0.1) is 0 Å². The molecule has 0 aliphatic heterocycles. The molecule has 0 saturated heterocycles. The van der Waals surface area contributed by atoms with E-state index in [0.29, 0.717) is 13.2 Å². The molecule has 0 heterocycles. The minimum absolute atomic E-state index is 0.165. The van der Waals surface area contributed by atoms with E-state index in [-0.39, 0.29) is 12.0 Å². The van der Waals surface area contributed by atoms with E-state index in [9.17, 15) is 4.79 Å². The van der Waals surface area contributed by atoms with Gasteiger partial charge in [0.1, 0.15) is 5.54 Å². The van der Waals surface area contributed by atoms with Gasteiger partial charge in [-0.1, -0.05) is 26.2 Å². The summed E-state index contributed by atoms with van der Waals surface area (Å²) in [7, 11) is 0. The van der Waals surface area contributed by atoms with Gasteiger partial charge in [-0.05, 0) is 47.0 Å². The number of hydrogen-bond donors (Lipinski definition) is 1. The largest absolute Gasteiger partial charge is 0.465 e. The van der Waals surface area contributed by atoms with E-state index in [2.05, 4.69) is 12.2 Å². The number of carbonyl (C=O) groups is 1. The molecular weight excluding hydrogens is 266 g/mol. The molecule has 0 aromatic rings. The molecule has 0 saturated carbocycles. The summed E-state index contributed by atoms with van der Waals surface area (Å²) in [5.41, 5.74) is -0.615. The maximum absolute atomic E-state index is 12.1. The molecule has 0 rings (SSSR count). The molecule has 0 bridgehead atoms. The number of esters is 1. The summed E-state index contributed by atoms with van der Waals surface area (Å²) < 4.78 is 10.8. The van der Waals surface area contributed by atoms with Crippen LogP contribution >= 0.6 is 0 Å². The molecular formula is C17H35NO3. The Morgan fingerprint density at radius 2 is 1.76 bits per heavy atom. The summed E-state index contributed by atoms with van der Waals surface area (Å²) in [6.07, 6.45) is 6.50. The van der Waals surface area contributed by atoms with Gasteiger partial charge in [-0.3, -0.25) is 10.1 Å². The normalized spacial score (nSPS) is 14.2. The summed E-state index contributed by atoms with van der Waals surface area (Å²) in [6, 6.07) is 0.245. The lowest BCUT2D eigenvalue weighted by atomic mass is 9.95. The third-order valence-corrected chi connectivity index (χ3v) is 3.44. The molecule has 1 atom stereocenters. The van der Waals surface area contributed by atoms with Gasteiger partial charge < -0.3 is 9.47 Å². The molecule has 0 aliphatic rings. The van der Waals surface area contributed by atoms with Crippen LogP contribution in [0.2, 0.25) is 0 Å². The van der Waals surface area contributed by atoms with Crippen molar-refractivity contribution in [1.82, 2.24) is 5.32 Å². The topological polar surface area (TPSA) is 47.6 Å². The SMILES string of the molecule is CCCCCCOCCCC(C)(NC(C)C)C(=O)OCC. The Morgan fingerprint density at radius 1 is 1.10 bits per heavy atom. The van der Waals surface area contributed by atoms with E-state index in [1.807, 2.05) is 27.7 Å². The van der Waals surface area contributed by atoms with Gasteiger partial charge in [0.25, 0.3) is 0 Å². The zero-order valence-electron chi connectivity index (χ0n) is 14.7. The fraction of sp³-hybridized carbons (Fsp3) is 0.941. The van der Waals surface area contributed by atoms with E-state index >= 15 is 0 Å². The van der Waals surface area contributed by atoms with Crippen LogP contribution in [-0.4, -0.2) is 37.4 Å². The van der Waals surface area contributed by atoms with Crippen LogP contribution in [0.25, 0.3) is 0 Å². The van der Waals surface area contributed by atoms with Crippen LogP contribution < -0.4 is 5.32 Å². The lowest BCUT2D eigenvalue weighted by molar-refractivity contribution is -0.151. The summed E-state index contributed by atoms with van der Waals surface area (Å²) in [5, 5.41) is 3.33. The first-order valence-corrected chi connectivity index (χ1v) is 8.49. The van der Waals surface area contributed by atoms with Crippen LogP contribution in [0.3, 0.4) is 0 Å². The van der Waals surface area contributed by atoms with Crippen LogP contribution in [0.5, 0.6) is 0 Å². The number of nitrogens with one attached hydrogen (secondary N) is 1. The number of hydrogen-bond acceptors (Lipinski definition) is 4. The van der Waals surface area contributed by atoms with Crippen molar-refractivity contribution in [2.75, 3.05) is 19.8 Å². The summed E-state index contributed by atoms with van der Waals surface area (Å²) >= 11 is 0. The standard InChI is InChI=1S/C17H35NO3/c1-6-8-9-10-13-20-14-11-12-17(5,18-15(3)4)16(19)21-7-2/h15,18H,6-14H2,1-5H3. The van der Waals surface area contributed by atoms with E-state index in [4.69, 9.17) is 9.47 Å². The molecule has 1 N–H and O–H groups in total. The Bertz CT molecular complexity index is 269. The Balaban J connectivity index is 3.99. The number of unbranched alkanes of at least 4 members (excludes halogenated alkanes) is 3. The molecule has 4 heteroatoms. The van der Waals surface area contributed by atoms with Gasteiger partial charge in [0.05, 0.1) is 6.61 Å². The molecule has 1 unspecified atom stereocenters. The van der Waals surface area contributed by atoms with Crippen molar-refractivity contribution in [1.29, 1.82) is 0 Å². The summed E-state index contributed by atoms with van der Waals surface area (Å²) in [6.45, 7) is 12.0. The van der Waals surface area contributed by atoms with Gasteiger partial charge in [0, 0.05) is 19.3 Å². The summed E-state index contributed by atoms with van der Waals surface area (Å²) in [4.78, 5) is 12.1.